The molecule has 0 unspecified atom stereocenters. The number of allylic oxidation sites excluding steroid dienone is 2. The molecular formula is C29H40O3. The summed E-state index contributed by atoms with van der Waals surface area (Å²) in [5.74, 6) is 2.87. The van der Waals surface area contributed by atoms with Crippen LogP contribution in [0.3, 0.4) is 0 Å². The summed E-state index contributed by atoms with van der Waals surface area (Å²) >= 11 is 0. The standard InChI is InChI=1S/C29H40O3/c1-3-4-5-6-7-8-9-10-11-28(31)32-22-13-15-23-21(20-22)12-14-25-24(23)18-19-29(2)26(25)16-17-27(29)30/h3-4,13,15,20,24-26H,5-12,14,16-19H2,1-2H3/b4-3+/t24-,25-,26+,29+/m1/s1. The molecule has 4 rings (SSSR count). The number of carbonyl (C=O) groups is 2. The Morgan fingerprint density at radius 2 is 1.91 bits per heavy atom. The van der Waals surface area contributed by atoms with Crippen LogP contribution >= 0.6 is 0 Å². The van der Waals surface area contributed by atoms with Crippen LogP contribution in [0.15, 0.2) is 30.4 Å². The number of esters is 1. The molecule has 3 aliphatic rings. The van der Waals surface area contributed by atoms with Gasteiger partial charge in [0.2, 0.25) is 0 Å². The molecule has 0 aliphatic heterocycles. The SMILES string of the molecule is C/C=C/CCCCCCCC(=O)Oc1ccc2c(c1)CC[C@@H]1[C@@H]2CC[C@]2(C)C(=O)CC[C@@H]12. The quantitative estimate of drug-likeness (QED) is 0.176. The number of ether oxygens (including phenoxy) is 1. The van der Waals surface area contributed by atoms with Gasteiger partial charge in [0.15, 0.2) is 0 Å². The smallest absolute Gasteiger partial charge is 0.311 e. The molecule has 32 heavy (non-hydrogen) atoms. The second-order valence-corrected chi connectivity index (χ2v) is 10.5. The number of hydrogen-bond acceptors (Lipinski definition) is 3. The number of fused-ring (bicyclic) bond motifs is 5. The van der Waals surface area contributed by atoms with Crippen molar-refractivity contribution >= 4 is 11.8 Å². The van der Waals surface area contributed by atoms with Gasteiger partial charge in [0.05, 0.1) is 0 Å². The van der Waals surface area contributed by atoms with Gasteiger partial charge in [-0.05, 0) is 99.3 Å². The lowest BCUT2D eigenvalue weighted by atomic mass is 9.55. The topological polar surface area (TPSA) is 43.4 Å². The Balaban J connectivity index is 1.27. The van der Waals surface area contributed by atoms with Crippen molar-refractivity contribution in [1.29, 1.82) is 0 Å². The molecule has 0 N–H and O–H groups in total. The van der Waals surface area contributed by atoms with Crippen LogP contribution in [0.25, 0.3) is 0 Å². The van der Waals surface area contributed by atoms with E-state index < -0.39 is 0 Å². The molecule has 3 aliphatic carbocycles. The maximum atomic E-state index is 12.5. The van der Waals surface area contributed by atoms with E-state index in [1.807, 2.05) is 6.07 Å². The normalized spacial score (nSPS) is 28.9. The van der Waals surface area contributed by atoms with Crippen LogP contribution in [0, 0.1) is 17.3 Å². The summed E-state index contributed by atoms with van der Waals surface area (Å²) < 4.78 is 5.68. The Labute approximate surface area is 194 Å². The molecule has 3 heteroatoms. The zero-order valence-corrected chi connectivity index (χ0v) is 20.0. The molecule has 0 spiro atoms. The van der Waals surface area contributed by atoms with Gasteiger partial charge >= 0.3 is 5.97 Å². The predicted octanol–water partition coefficient (Wildman–Crippen LogP) is 7.32. The van der Waals surface area contributed by atoms with Crippen molar-refractivity contribution in [3.63, 3.8) is 0 Å². The minimum Gasteiger partial charge on any atom is -0.427 e. The van der Waals surface area contributed by atoms with Gasteiger partial charge in [-0.15, -0.1) is 0 Å². The van der Waals surface area contributed by atoms with Gasteiger partial charge in [0.25, 0.3) is 0 Å². The molecule has 2 saturated carbocycles. The van der Waals surface area contributed by atoms with Crippen molar-refractivity contribution < 1.29 is 14.3 Å². The van der Waals surface area contributed by atoms with Gasteiger partial charge in [-0.3, -0.25) is 9.59 Å². The van der Waals surface area contributed by atoms with E-state index in [9.17, 15) is 9.59 Å². The third kappa shape index (κ3) is 4.87. The monoisotopic (exact) mass is 436 g/mol. The van der Waals surface area contributed by atoms with Crippen LogP contribution in [0.1, 0.15) is 108 Å². The molecule has 0 aromatic heterocycles. The number of rotatable bonds is 9. The average Bonchev–Trinajstić information content (AvgIpc) is 3.10. The van der Waals surface area contributed by atoms with Crippen molar-refractivity contribution in [3.05, 3.63) is 41.5 Å². The van der Waals surface area contributed by atoms with E-state index in [0.717, 1.165) is 57.8 Å². The molecule has 1 aromatic rings. The van der Waals surface area contributed by atoms with Crippen LogP contribution in [-0.2, 0) is 16.0 Å². The van der Waals surface area contributed by atoms with E-state index in [1.54, 1.807) is 0 Å². The van der Waals surface area contributed by atoms with E-state index in [-0.39, 0.29) is 11.4 Å². The number of carbonyl (C=O) groups excluding carboxylic acids is 2. The zero-order valence-electron chi connectivity index (χ0n) is 20.0. The number of ketones is 1. The number of hydrogen-bond donors (Lipinski definition) is 0. The molecule has 1 aromatic carbocycles. The lowest BCUT2D eigenvalue weighted by Gasteiger charge is -2.48. The molecular weight excluding hydrogens is 396 g/mol. The van der Waals surface area contributed by atoms with E-state index >= 15 is 0 Å². The van der Waals surface area contributed by atoms with Crippen molar-refractivity contribution in [2.75, 3.05) is 0 Å². The number of Topliss-reactive ketones (excluding diaryl/α,β-unsaturated/α-hetero) is 1. The summed E-state index contributed by atoms with van der Waals surface area (Å²) in [5, 5.41) is 0. The first-order chi connectivity index (χ1) is 15.5. The van der Waals surface area contributed by atoms with Gasteiger partial charge in [-0.1, -0.05) is 44.4 Å². The average molecular weight is 437 g/mol. The lowest BCUT2D eigenvalue weighted by molar-refractivity contribution is -0.134. The van der Waals surface area contributed by atoms with Crippen molar-refractivity contribution in [3.8, 4) is 5.75 Å². The van der Waals surface area contributed by atoms with Crippen LogP contribution in [-0.4, -0.2) is 11.8 Å². The minimum atomic E-state index is -0.106. The fraction of sp³-hybridized carbons (Fsp3) is 0.655. The largest absolute Gasteiger partial charge is 0.427 e. The fourth-order valence-electron chi connectivity index (χ4n) is 6.80. The van der Waals surface area contributed by atoms with Crippen molar-refractivity contribution in [2.24, 2.45) is 17.3 Å². The molecule has 0 heterocycles. The Bertz CT molecular complexity index is 854. The Morgan fingerprint density at radius 3 is 2.75 bits per heavy atom. The summed E-state index contributed by atoms with van der Waals surface area (Å²) in [6, 6.07) is 6.31. The first-order valence-corrected chi connectivity index (χ1v) is 13.0. The number of unbranched alkanes of at least 4 members (excludes halogenated alkanes) is 5. The van der Waals surface area contributed by atoms with E-state index in [4.69, 9.17) is 4.74 Å². The van der Waals surface area contributed by atoms with Gasteiger partial charge in [-0.25, -0.2) is 0 Å². The molecule has 2 fully saturated rings. The Kier molecular flexibility index (Phi) is 7.53. The Hall–Kier alpha value is -1.90. The second kappa shape index (κ2) is 10.4. The first-order valence-electron chi connectivity index (χ1n) is 13.0. The van der Waals surface area contributed by atoms with Crippen LogP contribution in [0.5, 0.6) is 5.75 Å². The minimum absolute atomic E-state index is 0.0688. The Morgan fingerprint density at radius 1 is 1.09 bits per heavy atom. The van der Waals surface area contributed by atoms with Gasteiger partial charge < -0.3 is 4.74 Å². The van der Waals surface area contributed by atoms with Crippen LogP contribution in [0.2, 0.25) is 0 Å². The number of benzene rings is 1. The van der Waals surface area contributed by atoms with Crippen molar-refractivity contribution in [1.82, 2.24) is 0 Å². The zero-order chi connectivity index (χ0) is 22.6. The molecule has 4 atom stereocenters. The maximum absolute atomic E-state index is 12.5. The summed E-state index contributed by atoms with van der Waals surface area (Å²) in [4.78, 5) is 24.8. The predicted molar refractivity (Wildman–Crippen MR) is 129 cm³/mol. The molecule has 0 saturated heterocycles. The summed E-state index contributed by atoms with van der Waals surface area (Å²) in [6.07, 6.45) is 17.9. The van der Waals surface area contributed by atoms with Crippen LogP contribution < -0.4 is 4.74 Å². The van der Waals surface area contributed by atoms with Crippen LogP contribution in [0.4, 0.5) is 0 Å². The van der Waals surface area contributed by atoms with E-state index in [1.165, 1.54) is 30.4 Å². The highest BCUT2D eigenvalue weighted by molar-refractivity contribution is 5.87. The highest BCUT2D eigenvalue weighted by atomic mass is 16.5. The van der Waals surface area contributed by atoms with Gasteiger partial charge in [0, 0.05) is 18.3 Å². The van der Waals surface area contributed by atoms with Crippen molar-refractivity contribution in [2.45, 2.75) is 103 Å². The maximum Gasteiger partial charge on any atom is 0.311 e. The van der Waals surface area contributed by atoms with E-state index in [0.29, 0.717) is 35.7 Å². The van der Waals surface area contributed by atoms with Gasteiger partial charge in [-0.2, -0.15) is 0 Å². The highest BCUT2D eigenvalue weighted by Gasteiger charge is 2.54. The fourth-order valence-corrected chi connectivity index (χ4v) is 6.80. The number of aryl methyl sites for hydroxylation is 1. The molecule has 0 amide bonds. The lowest BCUT2D eigenvalue weighted by Crippen LogP contribution is -2.42. The first kappa shape index (κ1) is 23.3. The molecule has 0 radical (unpaired) electrons. The third-order valence-electron chi connectivity index (χ3n) is 8.63. The summed E-state index contributed by atoms with van der Waals surface area (Å²) in [7, 11) is 0. The highest BCUT2D eigenvalue weighted by Crippen LogP contribution is 2.59. The third-order valence-corrected chi connectivity index (χ3v) is 8.63. The molecule has 174 valence electrons. The summed E-state index contributed by atoms with van der Waals surface area (Å²) in [5.41, 5.74) is 2.73. The van der Waals surface area contributed by atoms with E-state index in [2.05, 4.69) is 38.1 Å². The second-order valence-electron chi connectivity index (χ2n) is 10.5. The van der Waals surface area contributed by atoms with Gasteiger partial charge in [0.1, 0.15) is 11.5 Å². The molecule has 3 nitrogen and oxygen atoms in total. The molecule has 0 bridgehead atoms. The summed E-state index contributed by atoms with van der Waals surface area (Å²) in [6.45, 7) is 4.29.